The fourth-order valence-corrected chi connectivity index (χ4v) is 1.14. The molecule has 3 N–H and O–H groups in total. The second-order valence-electron chi connectivity index (χ2n) is 2.81. The number of rotatable bonds is 1. The summed E-state index contributed by atoms with van der Waals surface area (Å²) < 4.78 is 0. The van der Waals surface area contributed by atoms with E-state index in [4.69, 9.17) is 5.73 Å². The highest BCUT2D eigenvalue weighted by Crippen LogP contribution is 2.03. The van der Waals surface area contributed by atoms with Crippen molar-refractivity contribution in [2.75, 3.05) is 13.1 Å². The fraction of sp³-hybridized carbons (Fsp3) is 0.571. The monoisotopic (exact) mass is 185 g/mol. The Balaban J connectivity index is 2.77. The highest BCUT2D eigenvalue weighted by Gasteiger charge is 2.32. The molecule has 0 aliphatic carbocycles. The molecule has 1 unspecified atom stereocenters. The van der Waals surface area contributed by atoms with Gasteiger partial charge in [0.05, 0.1) is 6.54 Å². The van der Waals surface area contributed by atoms with Crippen LogP contribution in [0.4, 0.5) is 0 Å². The van der Waals surface area contributed by atoms with Gasteiger partial charge in [-0.25, -0.2) is 0 Å². The molecule has 0 aromatic rings. The van der Waals surface area contributed by atoms with Crippen molar-refractivity contribution in [3.8, 4) is 0 Å². The molecular weight excluding hydrogens is 174 g/mol. The molecule has 1 heterocycles. The molecule has 0 bridgehead atoms. The van der Waals surface area contributed by atoms with Crippen LogP contribution in [0, 0.1) is 0 Å². The van der Waals surface area contributed by atoms with E-state index in [0.29, 0.717) is 0 Å². The summed E-state index contributed by atoms with van der Waals surface area (Å²) >= 11 is 0. The van der Waals surface area contributed by atoms with Gasteiger partial charge in [-0.15, -0.1) is 0 Å². The number of imide groups is 1. The topological polar surface area (TPSA) is 92.5 Å². The number of amides is 3. The molecule has 0 radical (unpaired) electrons. The normalized spacial score (nSPS) is 22.9. The average Bonchev–Trinajstić information content (AvgIpc) is 2.10. The molecule has 72 valence electrons. The Morgan fingerprint density at radius 2 is 2.31 bits per heavy atom. The van der Waals surface area contributed by atoms with E-state index in [0.717, 1.165) is 0 Å². The number of carbonyl (C=O) groups excluding carboxylic acids is 3. The Hall–Kier alpha value is -1.43. The summed E-state index contributed by atoms with van der Waals surface area (Å²) in [6.45, 7) is 1.27. The Kier molecular flexibility index (Phi) is 2.62. The third kappa shape index (κ3) is 1.83. The molecular formula is C7H11N3O3. The third-order valence-corrected chi connectivity index (χ3v) is 1.92. The first kappa shape index (κ1) is 9.66. The van der Waals surface area contributed by atoms with Crippen LogP contribution >= 0.6 is 0 Å². The van der Waals surface area contributed by atoms with E-state index in [1.165, 1.54) is 4.90 Å². The molecule has 1 aliphatic rings. The van der Waals surface area contributed by atoms with Crippen LogP contribution in [-0.2, 0) is 14.4 Å². The van der Waals surface area contributed by atoms with Gasteiger partial charge in [-0.2, -0.15) is 0 Å². The van der Waals surface area contributed by atoms with E-state index in [2.05, 4.69) is 5.32 Å². The highest BCUT2D eigenvalue weighted by molar-refractivity contribution is 6.04. The number of hydrogen-bond acceptors (Lipinski definition) is 4. The molecule has 3 amide bonds. The van der Waals surface area contributed by atoms with Gasteiger partial charge in [0.2, 0.25) is 17.7 Å². The Bertz CT molecular complexity index is 264. The van der Waals surface area contributed by atoms with E-state index in [1.807, 2.05) is 0 Å². The second-order valence-corrected chi connectivity index (χ2v) is 2.81. The molecule has 0 aromatic heterocycles. The van der Waals surface area contributed by atoms with E-state index in [9.17, 15) is 14.4 Å². The van der Waals surface area contributed by atoms with Gasteiger partial charge in [-0.3, -0.25) is 19.7 Å². The largest absolute Gasteiger partial charge is 0.322 e. The van der Waals surface area contributed by atoms with Crippen molar-refractivity contribution < 1.29 is 14.4 Å². The van der Waals surface area contributed by atoms with Crippen molar-refractivity contribution in [1.82, 2.24) is 10.2 Å². The summed E-state index contributed by atoms with van der Waals surface area (Å²) in [6.07, 6.45) is 0. The zero-order valence-electron chi connectivity index (χ0n) is 7.24. The van der Waals surface area contributed by atoms with Crippen molar-refractivity contribution in [2.45, 2.75) is 13.0 Å². The van der Waals surface area contributed by atoms with E-state index >= 15 is 0 Å². The zero-order chi connectivity index (χ0) is 10.0. The highest BCUT2D eigenvalue weighted by atomic mass is 16.2. The Morgan fingerprint density at radius 3 is 2.85 bits per heavy atom. The molecule has 1 atom stereocenters. The summed E-state index contributed by atoms with van der Waals surface area (Å²) in [5.74, 6) is -1.32. The van der Waals surface area contributed by atoms with Crippen LogP contribution < -0.4 is 11.1 Å². The summed E-state index contributed by atoms with van der Waals surface area (Å²) in [5.41, 5.74) is 5.12. The summed E-state index contributed by atoms with van der Waals surface area (Å²) in [6, 6.07) is -0.617. The summed E-state index contributed by atoms with van der Waals surface area (Å²) in [5, 5.41) is 2.13. The maximum Gasteiger partial charge on any atom is 0.249 e. The molecule has 6 heteroatoms. The van der Waals surface area contributed by atoms with Crippen LogP contribution in [0.5, 0.6) is 0 Å². The van der Waals surface area contributed by atoms with Crippen LogP contribution in [-0.4, -0.2) is 41.8 Å². The third-order valence-electron chi connectivity index (χ3n) is 1.92. The minimum absolute atomic E-state index is 0.0943. The van der Waals surface area contributed by atoms with Crippen molar-refractivity contribution in [3.63, 3.8) is 0 Å². The maximum atomic E-state index is 11.1. The molecule has 1 fully saturated rings. The van der Waals surface area contributed by atoms with E-state index in [1.54, 1.807) is 6.92 Å². The molecule has 0 saturated carbocycles. The number of carbonyl (C=O) groups is 3. The van der Waals surface area contributed by atoms with Crippen LogP contribution in [0.25, 0.3) is 0 Å². The number of hydrogen-bond donors (Lipinski definition) is 2. The van der Waals surface area contributed by atoms with Crippen LogP contribution in [0.15, 0.2) is 0 Å². The van der Waals surface area contributed by atoms with Crippen molar-refractivity contribution >= 4 is 17.7 Å². The van der Waals surface area contributed by atoms with Crippen molar-refractivity contribution in [1.29, 1.82) is 0 Å². The predicted molar refractivity (Wildman–Crippen MR) is 43.4 cm³/mol. The van der Waals surface area contributed by atoms with Crippen LogP contribution in [0.2, 0.25) is 0 Å². The number of nitrogens with zero attached hydrogens (tertiary/aromatic N) is 1. The molecule has 0 spiro atoms. The number of nitrogens with one attached hydrogen (secondary N) is 1. The minimum Gasteiger partial charge on any atom is -0.322 e. The van der Waals surface area contributed by atoms with E-state index in [-0.39, 0.29) is 13.1 Å². The molecule has 6 nitrogen and oxygen atoms in total. The smallest absolute Gasteiger partial charge is 0.249 e. The van der Waals surface area contributed by atoms with Gasteiger partial charge >= 0.3 is 0 Å². The van der Waals surface area contributed by atoms with Crippen LogP contribution in [0.3, 0.4) is 0 Å². The van der Waals surface area contributed by atoms with Gasteiger partial charge < -0.3 is 10.6 Å². The number of nitrogens with two attached hydrogens (primary N) is 1. The quantitative estimate of drug-likeness (QED) is 0.454. The van der Waals surface area contributed by atoms with Gasteiger partial charge in [0.15, 0.2) is 0 Å². The lowest BCUT2D eigenvalue weighted by Crippen LogP contribution is -2.59. The van der Waals surface area contributed by atoms with Crippen molar-refractivity contribution in [2.24, 2.45) is 5.73 Å². The molecule has 1 rings (SSSR count). The maximum absolute atomic E-state index is 11.1. The second kappa shape index (κ2) is 3.53. The first-order chi connectivity index (χ1) is 6.06. The van der Waals surface area contributed by atoms with Gasteiger partial charge in [0.1, 0.15) is 12.6 Å². The zero-order valence-corrected chi connectivity index (χ0v) is 7.24. The predicted octanol–water partition coefficient (Wildman–Crippen LogP) is -2.18. The van der Waals surface area contributed by atoms with Crippen molar-refractivity contribution in [3.05, 3.63) is 0 Å². The van der Waals surface area contributed by atoms with Gasteiger partial charge in [0, 0.05) is 0 Å². The first-order valence-electron chi connectivity index (χ1n) is 3.89. The average molecular weight is 185 g/mol. The summed E-state index contributed by atoms with van der Waals surface area (Å²) in [4.78, 5) is 34.3. The van der Waals surface area contributed by atoms with Crippen LogP contribution in [0.1, 0.15) is 6.92 Å². The first-order valence-corrected chi connectivity index (χ1v) is 3.89. The molecule has 1 saturated heterocycles. The minimum atomic E-state index is -0.617. The van der Waals surface area contributed by atoms with Gasteiger partial charge in [-0.05, 0) is 6.92 Å². The lowest BCUT2D eigenvalue weighted by Gasteiger charge is -2.31. The molecule has 13 heavy (non-hydrogen) atoms. The Morgan fingerprint density at radius 1 is 1.69 bits per heavy atom. The standard InChI is InChI=1S/C7H11N3O3/c1-4-7(13)9-5(11)3-10(4)6(12)2-8/h4H,2-3,8H2,1H3,(H,9,11,13). The fourth-order valence-electron chi connectivity index (χ4n) is 1.14. The van der Waals surface area contributed by atoms with Gasteiger partial charge in [0.25, 0.3) is 0 Å². The lowest BCUT2D eigenvalue weighted by molar-refractivity contribution is -0.148. The molecule has 0 aromatic carbocycles. The number of piperazine rings is 1. The lowest BCUT2D eigenvalue weighted by atomic mass is 10.2. The van der Waals surface area contributed by atoms with Gasteiger partial charge in [-0.1, -0.05) is 0 Å². The Labute approximate surface area is 75.1 Å². The van der Waals surface area contributed by atoms with E-state index < -0.39 is 23.8 Å². The summed E-state index contributed by atoms with van der Waals surface area (Å²) in [7, 11) is 0. The molecule has 1 aliphatic heterocycles. The SMILES string of the molecule is CC1C(=O)NC(=O)CN1C(=O)CN.